The van der Waals surface area contributed by atoms with Crippen molar-refractivity contribution in [3.8, 4) is 22.8 Å². The number of carbonyl (C=O) groups excluding carboxylic acids is 1. The summed E-state index contributed by atoms with van der Waals surface area (Å²) >= 11 is 0. The van der Waals surface area contributed by atoms with E-state index in [2.05, 4.69) is 20.6 Å². The van der Waals surface area contributed by atoms with Gasteiger partial charge in [-0.15, -0.1) is 5.10 Å². The van der Waals surface area contributed by atoms with Crippen molar-refractivity contribution < 1.29 is 9.32 Å². The SMILES string of the molecule is CC[C@H](C)NC(=O)Cn1nc2c(-c3nc(-c4cccc(C)c4)no3)cccn2c1=O. The molecule has 1 atom stereocenters. The van der Waals surface area contributed by atoms with Crippen LogP contribution in [0.5, 0.6) is 0 Å². The van der Waals surface area contributed by atoms with Gasteiger partial charge in [0.15, 0.2) is 5.65 Å². The normalized spacial score (nSPS) is 12.2. The first-order chi connectivity index (χ1) is 14.5. The summed E-state index contributed by atoms with van der Waals surface area (Å²) < 4.78 is 7.94. The van der Waals surface area contributed by atoms with Crippen molar-refractivity contribution >= 4 is 11.6 Å². The molecule has 1 N–H and O–H groups in total. The lowest BCUT2D eigenvalue weighted by molar-refractivity contribution is -0.122. The van der Waals surface area contributed by atoms with Gasteiger partial charge in [-0.25, -0.2) is 13.9 Å². The van der Waals surface area contributed by atoms with E-state index in [0.717, 1.165) is 22.2 Å². The number of pyridine rings is 1. The number of nitrogens with zero attached hydrogens (tertiary/aromatic N) is 5. The highest BCUT2D eigenvalue weighted by atomic mass is 16.5. The lowest BCUT2D eigenvalue weighted by Gasteiger charge is -2.10. The van der Waals surface area contributed by atoms with Crippen LogP contribution in [0.3, 0.4) is 0 Å². The molecule has 0 saturated carbocycles. The molecule has 9 nitrogen and oxygen atoms in total. The second-order valence-corrected chi connectivity index (χ2v) is 7.23. The van der Waals surface area contributed by atoms with Crippen molar-refractivity contribution in [1.29, 1.82) is 0 Å². The van der Waals surface area contributed by atoms with E-state index in [4.69, 9.17) is 4.52 Å². The summed E-state index contributed by atoms with van der Waals surface area (Å²) in [6.45, 7) is 5.71. The van der Waals surface area contributed by atoms with Gasteiger partial charge in [-0.2, -0.15) is 4.98 Å². The maximum absolute atomic E-state index is 12.7. The Bertz CT molecular complexity index is 1270. The molecule has 0 bridgehead atoms. The summed E-state index contributed by atoms with van der Waals surface area (Å²) in [6, 6.07) is 11.3. The Labute approximate surface area is 172 Å². The number of amides is 1. The fraction of sp³-hybridized carbons (Fsp3) is 0.286. The summed E-state index contributed by atoms with van der Waals surface area (Å²) in [7, 11) is 0. The number of hydrogen-bond donors (Lipinski definition) is 1. The highest BCUT2D eigenvalue weighted by molar-refractivity contribution is 5.76. The minimum absolute atomic E-state index is 0.0271. The minimum Gasteiger partial charge on any atom is -0.352 e. The first kappa shape index (κ1) is 19.6. The standard InChI is InChI=1S/C21H22N6O3/c1-4-14(3)22-17(28)12-27-21(29)26-10-6-9-16(19(26)24-27)20-23-18(25-30-20)15-8-5-7-13(2)11-15/h5-11,14H,4,12H2,1-3H3,(H,22,28)/t14-/m0/s1. The highest BCUT2D eigenvalue weighted by Crippen LogP contribution is 2.24. The number of hydrogen-bond acceptors (Lipinski definition) is 6. The third-order valence-electron chi connectivity index (χ3n) is 4.86. The summed E-state index contributed by atoms with van der Waals surface area (Å²) in [6.07, 6.45) is 2.39. The van der Waals surface area contributed by atoms with Crippen molar-refractivity contribution in [2.24, 2.45) is 0 Å². The summed E-state index contributed by atoms with van der Waals surface area (Å²) in [5.41, 5.74) is 2.37. The monoisotopic (exact) mass is 406 g/mol. The summed E-state index contributed by atoms with van der Waals surface area (Å²) in [4.78, 5) is 29.3. The molecular formula is C21H22N6O3. The summed E-state index contributed by atoms with van der Waals surface area (Å²) in [5.74, 6) is 0.430. The van der Waals surface area contributed by atoms with E-state index in [-0.39, 0.29) is 24.4 Å². The molecule has 0 radical (unpaired) electrons. The summed E-state index contributed by atoms with van der Waals surface area (Å²) in [5, 5.41) is 11.2. The van der Waals surface area contributed by atoms with E-state index < -0.39 is 5.69 Å². The number of carbonyl (C=O) groups is 1. The zero-order chi connectivity index (χ0) is 21.3. The highest BCUT2D eigenvalue weighted by Gasteiger charge is 2.19. The van der Waals surface area contributed by atoms with Crippen LogP contribution in [0, 0.1) is 6.92 Å². The largest absolute Gasteiger partial charge is 0.352 e. The maximum Gasteiger partial charge on any atom is 0.350 e. The Morgan fingerprint density at radius 2 is 2.10 bits per heavy atom. The first-order valence-electron chi connectivity index (χ1n) is 9.75. The van der Waals surface area contributed by atoms with Gasteiger partial charge in [-0.3, -0.25) is 4.79 Å². The van der Waals surface area contributed by atoms with Crippen LogP contribution in [0.1, 0.15) is 25.8 Å². The van der Waals surface area contributed by atoms with E-state index >= 15 is 0 Å². The van der Waals surface area contributed by atoms with Crippen LogP contribution in [0.25, 0.3) is 28.5 Å². The van der Waals surface area contributed by atoms with Crippen LogP contribution in [-0.4, -0.2) is 36.3 Å². The Balaban J connectivity index is 1.69. The minimum atomic E-state index is -0.412. The second-order valence-electron chi connectivity index (χ2n) is 7.23. The fourth-order valence-electron chi connectivity index (χ4n) is 3.10. The smallest absolute Gasteiger partial charge is 0.350 e. The molecular weight excluding hydrogens is 384 g/mol. The van der Waals surface area contributed by atoms with E-state index in [0.29, 0.717) is 17.0 Å². The molecule has 1 amide bonds. The van der Waals surface area contributed by atoms with Crippen LogP contribution < -0.4 is 11.0 Å². The molecule has 4 rings (SSSR count). The predicted molar refractivity (Wildman–Crippen MR) is 111 cm³/mol. The maximum atomic E-state index is 12.7. The average molecular weight is 406 g/mol. The van der Waals surface area contributed by atoms with Crippen molar-refractivity contribution in [3.63, 3.8) is 0 Å². The van der Waals surface area contributed by atoms with Crippen LogP contribution >= 0.6 is 0 Å². The Hall–Kier alpha value is -3.75. The van der Waals surface area contributed by atoms with Crippen molar-refractivity contribution in [3.05, 3.63) is 58.6 Å². The van der Waals surface area contributed by atoms with Crippen LogP contribution in [-0.2, 0) is 11.3 Å². The van der Waals surface area contributed by atoms with Crippen LogP contribution in [0.15, 0.2) is 51.9 Å². The Kier molecular flexibility index (Phi) is 5.18. The molecule has 9 heteroatoms. The first-order valence-corrected chi connectivity index (χ1v) is 9.75. The second kappa shape index (κ2) is 7.94. The van der Waals surface area contributed by atoms with Gasteiger partial charge in [-0.1, -0.05) is 35.8 Å². The molecule has 0 aliphatic rings. The third-order valence-corrected chi connectivity index (χ3v) is 4.86. The number of benzene rings is 1. The number of rotatable bonds is 6. The Morgan fingerprint density at radius 3 is 2.87 bits per heavy atom. The molecule has 3 aromatic heterocycles. The van der Waals surface area contributed by atoms with E-state index in [1.807, 2.05) is 45.0 Å². The molecule has 1 aromatic carbocycles. The number of aryl methyl sites for hydroxylation is 1. The zero-order valence-electron chi connectivity index (χ0n) is 17.0. The molecule has 4 aromatic rings. The van der Waals surface area contributed by atoms with Gasteiger partial charge in [0, 0.05) is 17.8 Å². The molecule has 0 spiro atoms. The van der Waals surface area contributed by atoms with Gasteiger partial charge < -0.3 is 9.84 Å². The zero-order valence-corrected chi connectivity index (χ0v) is 17.0. The predicted octanol–water partition coefficient (Wildman–Crippen LogP) is 2.44. The molecule has 0 unspecified atom stereocenters. The number of fused-ring (bicyclic) bond motifs is 1. The van der Waals surface area contributed by atoms with Gasteiger partial charge in [0.1, 0.15) is 6.54 Å². The van der Waals surface area contributed by atoms with E-state index in [1.54, 1.807) is 18.3 Å². The van der Waals surface area contributed by atoms with Crippen molar-refractivity contribution in [2.45, 2.75) is 39.8 Å². The van der Waals surface area contributed by atoms with Crippen LogP contribution in [0.4, 0.5) is 0 Å². The Morgan fingerprint density at radius 1 is 1.27 bits per heavy atom. The molecule has 0 fully saturated rings. The molecule has 0 aliphatic carbocycles. The molecule has 3 heterocycles. The van der Waals surface area contributed by atoms with Gasteiger partial charge >= 0.3 is 5.69 Å². The van der Waals surface area contributed by atoms with Gasteiger partial charge in [0.2, 0.25) is 11.7 Å². The topological polar surface area (TPSA) is 107 Å². The fourth-order valence-corrected chi connectivity index (χ4v) is 3.10. The van der Waals surface area contributed by atoms with Crippen molar-refractivity contribution in [2.75, 3.05) is 0 Å². The number of nitrogens with one attached hydrogen (secondary N) is 1. The van der Waals surface area contributed by atoms with Crippen LogP contribution in [0.2, 0.25) is 0 Å². The lowest BCUT2D eigenvalue weighted by Crippen LogP contribution is -2.37. The van der Waals surface area contributed by atoms with E-state index in [1.165, 1.54) is 4.40 Å². The molecule has 154 valence electrons. The van der Waals surface area contributed by atoms with Crippen molar-refractivity contribution in [1.82, 2.24) is 29.6 Å². The van der Waals surface area contributed by atoms with Gasteiger partial charge in [0.25, 0.3) is 5.89 Å². The lowest BCUT2D eigenvalue weighted by atomic mass is 10.1. The third kappa shape index (κ3) is 3.73. The molecule has 0 saturated heterocycles. The molecule has 0 aliphatic heterocycles. The average Bonchev–Trinajstić information content (AvgIpc) is 3.33. The van der Waals surface area contributed by atoms with Gasteiger partial charge in [0.05, 0.1) is 5.56 Å². The van der Waals surface area contributed by atoms with E-state index in [9.17, 15) is 9.59 Å². The molecule has 30 heavy (non-hydrogen) atoms. The van der Waals surface area contributed by atoms with Gasteiger partial charge in [-0.05, 0) is 38.5 Å². The quantitative estimate of drug-likeness (QED) is 0.527. The number of aromatic nitrogens is 5.